The molecule has 0 aromatic heterocycles. The highest BCUT2D eigenvalue weighted by molar-refractivity contribution is 5.94. The first-order valence-electron chi connectivity index (χ1n) is 5.56. The second-order valence-electron chi connectivity index (χ2n) is 3.79. The molecular weight excluding hydrogens is 218 g/mol. The Kier molecular flexibility index (Phi) is 4.84. The van der Waals surface area contributed by atoms with Crippen LogP contribution in [0.5, 0.6) is 0 Å². The standard InChI is InChI=1S/C13H17NO3/c1-3-17-13(16)8-12(14)11-6-4-10(5-7-11)9(2)15/h4-7,12H,3,8,14H2,1-2H3. The van der Waals surface area contributed by atoms with E-state index in [-0.39, 0.29) is 18.2 Å². The number of Topliss-reactive ketones (excluding diaryl/α,β-unsaturated/α-hetero) is 1. The molecule has 92 valence electrons. The summed E-state index contributed by atoms with van der Waals surface area (Å²) in [6.45, 7) is 3.62. The van der Waals surface area contributed by atoms with Gasteiger partial charge in [0, 0.05) is 11.6 Å². The Morgan fingerprint density at radius 3 is 2.35 bits per heavy atom. The number of benzene rings is 1. The summed E-state index contributed by atoms with van der Waals surface area (Å²) in [7, 11) is 0. The summed E-state index contributed by atoms with van der Waals surface area (Å²) in [6.07, 6.45) is 0.146. The monoisotopic (exact) mass is 235 g/mol. The minimum Gasteiger partial charge on any atom is -0.466 e. The zero-order chi connectivity index (χ0) is 12.8. The minimum absolute atomic E-state index is 0.00974. The summed E-state index contributed by atoms with van der Waals surface area (Å²) < 4.78 is 4.82. The van der Waals surface area contributed by atoms with Crippen molar-refractivity contribution in [3.8, 4) is 0 Å². The summed E-state index contributed by atoms with van der Waals surface area (Å²) in [4.78, 5) is 22.3. The van der Waals surface area contributed by atoms with Crippen LogP contribution in [0, 0.1) is 0 Å². The average molecular weight is 235 g/mol. The van der Waals surface area contributed by atoms with Crippen molar-refractivity contribution in [2.24, 2.45) is 5.73 Å². The lowest BCUT2D eigenvalue weighted by atomic mass is 10.0. The lowest BCUT2D eigenvalue weighted by molar-refractivity contribution is -0.143. The Labute approximate surface area is 101 Å². The van der Waals surface area contributed by atoms with Crippen molar-refractivity contribution in [2.75, 3.05) is 6.61 Å². The fourth-order valence-electron chi connectivity index (χ4n) is 1.48. The van der Waals surface area contributed by atoms with Gasteiger partial charge in [-0.05, 0) is 19.4 Å². The van der Waals surface area contributed by atoms with Gasteiger partial charge in [-0.3, -0.25) is 9.59 Å². The highest BCUT2D eigenvalue weighted by Gasteiger charge is 2.12. The summed E-state index contributed by atoms with van der Waals surface area (Å²) in [5.41, 5.74) is 7.33. The van der Waals surface area contributed by atoms with Crippen LogP contribution in [0.25, 0.3) is 0 Å². The van der Waals surface area contributed by atoms with Gasteiger partial charge in [-0.15, -0.1) is 0 Å². The van der Waals surface area contributed by atoms with Gasteiger partial charge in [-0.1, -0.05) is 24.3 Å². The predicted molar refractivity (Wildman–Crippen MR) is 64.6 cm³/mol. The lowest BCUT2D eigenvalue weighted by Gasteiger charge is -2.11. The topological polar surface area (TPSA) is 69.4 Å². The highest BCUT2D eigenvalue weighted by atomic mass is 16.5. The maximum atomic E-state index is 11.2. The fourth-order valence-corrected chi connectivity index (χ4v) is 1.48. The number of ketones is 1. The van der Waals surface area contributed by atoms with Crippen LogP contribution in [0.4, 0.5) is 0 Å². The summed E-state index contributed by atoms with van der Waals surface area (Å²) in [6, 6.07) is 6.56. The number of esters is 1. The van der Waals surface area contributed by atoms with Crippen LogP contribution in [-0.2, 0) is 9.53 Å². The molecule has 17 heavy (non-hydrogen) atoms. The zero-order valence-electron chi connectivity index (χ0n) is 10.1. The number of rotatable bonds is 5. The van der Waals surface area contributed by atoms with Crippen molar-refractivity contribution in [2.45, 2.75) is 26.3 Å². The van der Waals surface area contributed by atoms with Gasteiger partial charge in [0.1, 0.15) is 0 Å². The molecule has 0 heterocycles. The van der Waals surface area contributed by atoms with Gasteiger partial charge in [0.05, 0.1) is 13.0 Å². The van der Waals surface area contributed by atoms with Gasteiger partial charge in [0.2, 0.25) is 0 Å². The summed E-state index contributed by atoms with van der Waals surface area (Å²) >= 11 is 0. The summed E-state index contributed by atoms with van der Waals surface area (Å²) in [5, 5.41) is 0. The van der Waals surface area contributed by atoms with Crippen LogP contribution in [0.15, 0.2) is 24.3 Å². The Morgan fingerprint density at radius 1 is 1.29 bits per heavy atom. The molecule has 1 atom stereocenters. The molecule has 1 aromatic carbocycles. The van der Waals surface area contributed by atoms with E-state index in [4.69, 9.17) is 10.5 Å². The Morgan fingerprint density at radius 2 is 1.88 bits per heavy atom. The molecule has 0 bridgehead atoms. The molecule has 1 unspecified atom stereocenters. The van der Waals surface area contributed by atoms with Crippen molar-refractivity contribution < 1.29 is 14.3 Å². The maximum Gasteiger partial charge on any atom is 0.307 e. The van der Waals surface area contributed by atoms with Gasteiger partial charge in [-0.25, -0.2) is 0 Å². The summed E-state index contributed by atoms with van der Waals surface area (Å²) in [5.74, 6) is -0.300. The maximum absolute atomic E-state index is 11.2. The van der Waals surface area contributed by atoms with Gasteiger partial charge >= 0.3 is 5.97 Å². The van der Waals surface area contributed by atoms with Crippen molar-refractivity contribution in [1.29, 1.82) is 0 Å². The van der Waals surface area contributed by atoms with Gasteiger partial charge in [-0.2, -0.15) is 0 Å². The third-order valence-corrected chi connectivity index (χ3v) is 2.44. The smallest absolute Gasteiger partial charge is 0.307 e. The van der Waals surface area contributed by atoms with Crippen molar-refractivity contribution in [1.82, 2.24) is 0 Å². The molecule has 0 amide bonds. The molecule has 0 radical (unpaired) electrons. The van der Waals surface area contributed by atoms with Gasteiger partial charge in [0.15, 0.2) is 5.78 Å². The molecule has 0 saturated heterocycles. The third kappa shape index (κ3) is 4.00. The second kappa shape index (κ2) is 6.15. The molecule has 0 spiro atoms. The first kappa shape index (κ1) is 13.4. The van der Waals surface area contributed by atoms with Crippen LogP contribution in [0.2, 0.25) is 0 Å². The van der Waals surface area contributed by atoms with E-state index in [1.165, 1.54) is 6.92 Å². The van der Waals surface area contributed by atoms with Crippen molar-refractivity contribution in [3.05, 3.63) is 35.4 Å². The molecule has 0 saturated carbocycles. The molecule has 0 fully saturated rings. The molecule has 1 rings (SSSR count). The van der Waals surface area contributed by atoms with E-state index in [0.29, 0.717) is 12.2 Å². The number of hydrogen-bond donors (Lipinski definition) is 1. The molecular formula is C13H17NO3. The van der Waals surface area contributed by atoms with E-state index in [2.05, 4.69) is 0 Å². The highest BCUT2D eigenvalue weighted by Crippen LogP contribution is 2.15. The van der Waals surface area contributed by atoms with Crippen LogP contribution in [0.3, 0.4) is 0 Å². The first-order valence-corrected chi connectivity index (χ1v) is 5.56. The Hall–Kier alpha value is -1.68. The first-order chi connectivity index (χ1) is 8.04. The number of carbonyl (C=O) groups excluding carboxylic acids is 2. The van der Waals surface area contributed by atoms with Gasteiger partial charge in [0.25, 0.3) is 0 Å². The molecule has 4 heteroatoms. The van der Waals surface area contributed by atoms with Crippen molar-refractivity contribution in [3.63, 3.8) is 0 Å². The van der Waals surface area contributed by atoms with E-state index in [0.717, 1.165) is 5.56 Å². The predicted octanol–water partition coefficient (Wildman–Crippen LogP) is 1.84. The van der Waals surface area contributed by atoms with Crippen LogP contribution >= 0.6 is 0 Å². The zero-order valence-corrected chi connectivity index (χ0v) is 10.1. The lowest BCUT2D eigenvalue weighted by Crippen LogP contribution is -2.17. The number of ether oxygens (including phenoxy) is 1. The fraction of sp³-hybridized carbons (Fsp3) is 0.385. The van der Waals surface area contributed by atoms with Gasteiger partial charge < -0.3 is 10.5 Å². The molecule has 0 aliphatic rings. The van der Waals surface area contributed by atoms with Crippen LogP contribution < -0.4 is 5.73 Å². The van der Waals surface area contributed by atoms with E-state index in [9.17, 15) is 9.59 Å². The quantitative estimate of drug-likeness (QED) is 0.624. The Bertz CT molecular complexity index is 398. The average Bonchev–Trinajstić information content (AvgIpc) is 2.29. The molecule has 1 aromatic rings. The Balaban J connectivity index is 2.66. The third-order valence-electron chi connectivity index (χ3n) is 2.44. The normalized spacial score (nSPS) is 11.9. The largest absolute Gasteiger partial charge is 0.466 e. The van der Waals surface area contributed by atoms with E-state index >= 15 is 0 Å². The molecule has 2 N–H and O–H groups in total. The van der Waals surface area contributed by atoms with E-state index in [1.807, 2.05) is 0 Å². The number of hydrogen-bond acceptors (Lipinski definition) is 4. The molecule has 0 aliphatic heterocycles. The molecule has 0 aliphatic carbocycles. The van der Waals surface area contributed by atoms with Crippen LogP contribution in [-0.4, -0.2) is 18.4 Å². The van der Waals surface area contributed by atoms with Crippen LogP contribution in [0.1, 0.15) is 42.2 Å². The minimum atomic E-state index is -0.393. The van der Waals surface area contributed by atoms with E-state index in [1.54, 1.807) is 31.2 Å². The molecule has 4 nitrogen and oxygen atoms in total. The number of carbonyl (C=O) groups is 2. The second-order valence-corrected chi connectivity index (χ2v) is 3.79. The number of nitrogens with two attached hydrogens (primary N) is 1. The van der Waals surface area contributed by atoms with Crippen molar-refractivity contribution >= 4 is 11.8 Å². The SMILES string of the molecule is CCOC(=O)CC(N)c1ccc(C(C)=O)cc1. The van der Waals surface area contributed by atoms with E-state index < -0.39 is 6.04 Å².